The molecule has 2 aromatic heterocycles. The zero-order chi connectivity index (χ0) is 21.1. The molecule has 8 heteroatoms. The monoisotopic (exact) mass is 406 g/mol. The van der Waals surface area contributed by atoms with Crippen LogP contribution in [0.1, 0.15) is 61.6 Å². The van der Waals surface area contributed by atoms with Gasteiger partial charge in [-0.2, -0.15) is 0 Å². The van der Waals surface area contributed by atoms with Gasteiger partial charge in [-0.1, -0.05) is 26.0 Å². The molecule has 0 spiro atoms. The first-order valence-electron chi connectivity index (χ1n) is 10.3. The molecule has 2 heterocycles. The van der Waals surface area contributed by atoms with Gasteiger partial charge in [0.1, 0.15) is 5.82 Å². The molecule has 1 amide bonds. The van der Waals surface area contributed by atoms with Crippen LogP contribution < -0.4 is 10.6 Å². The number of aliphatic hydroxyl groups excluding tert-OH is 1. The van der Waals surface area contributed by atoms with Crippen molar-refractivity contribution in [1.29, 1.82) is 0 Å². The van der Waals surface area contributed by atoms with E-state index >= 15 is 0 Å². The molecule has 0 saturated heterocycles. The van der Waals surface area contributed by atoms with Crippen molar-refractivity contribution < 1.29 is 9.90 Å². The molecule has 1 aliphatic carbocycles. The summed E-state index contributed by atoms with van der Waals surface area (Å²) >= 11 is 0. The van der Waals surface area contributed by atoms with E-state index in [0.717, 1.165) is 36.9 Å². The van der Waals surface area contributed by atoms with Crippen molar-refractivity contribution in [2.24, 2.45) is 0 Å². The molecule has 3 aromatic rings. The van der Waals surface area contributed by atoms with Crippen LogP contribution in [0, 0.1) is 0 Å². The van der Waals surface area contributed by atoms with E-state index in [0.29, 0.717) is 22.7 Å². The Labute approximate surface area is 175 Å². The highest BCUT2D eigenvalue weighted by atomic mass is 16.3. The van der Waals surface area contributed by atoms with Crippen LogP contribution in [0.4, 0.5) is 11.6 Å². The number of anilines is 2. The van der Waals surface area contributed by atoms with Crippen LogP contribution in [0.15, 0.2) is 36.8 Å². The average molecular weight is 406 g/mol. The molecule has 0 bridgehead atoms. The molecule has 0 radical (unpaired) electrons. The van der Waals surface area contributed by atoms with Gasteiger partial charge in [0.2, 0.25) is 5.95 Å². The fraction of sp³-hybridized carbons (Fsp3) is 0.409. The van der Waals surface area contributed by atoms with E-state index in [4.69, 9.17) is 0 Å². The normalized spacial score (nSPS) is 19.1. The van der Waals surface area contributed by atoms with E-state index in [1.165, 1.54) is 0 Å². The molecule has 1 aromatic carbocycles. The molecular weight excluding hydrogens is 380 g/mol. The van der Waals surface area contributed by atoms with Gasteiger partial charge >= 0.3 is 0 Å². The standard InChI is InChI=1S/C22H26N6O2/c1-13(2)20-23-11-16(12-24-20)26-21(30)18-5-3-4-14-10-25-22(28-19(14)18)27-15-6-8-17(29)9-7-15/h3-5,10-13,15,17,29H,6-9H2,1-2H3,(H,26,30)(H,25,27,28)/t15-,17-. The van der Waals surface area contributed by atoms with Crippen molar-refractivity contribution >= 4 is 28.4 Å². The van der Waals surface area contributed by atoms with Crippen molar-refractivity contribution in [3.8, 4) is 0 Å². The van der Waals surface area contributed by atoms with Crippen LogP contribution >= 0.6 is 0 Å². The summed E-state index contributed by atoms with van der Waals surface area (Å²) in [7, 11) is 0. The number of benzene rings is 1. The number of aliphatic hydroxyl groups is 1. The summed E-state index contributed by atoms with van der Waals surface area (Å²) in [5.41, 5.74) is 1.59. The molecule has 0 aliphatic heterocycles. The molecule has 8 nitrogen and oxygen atoms in total. The number of rotatable bonds is 5. The minimum Gasteiger partial charge on any atom is -0.393 e. The van der Waals surface area contributed by atoms with Gasteiger partial charge < -0.3 is 15.7 Å². The Bertz CT molecular complexity index is 1030. The average Bonchev–Trinajstić information content (AvgIpc) is 2.75. The lowest BCUT2D eigenvalue weighted by Crippen LogP contribution is -2.29. The van der Waals surface area contributed by atoms with Gasteiger partial charge in [-0.25, -0.2) is 19.9 Å². The SMILES string of the molecule is CC(C)c1ncc(NC(=O)c2cccc3cnc(N[C@H]4CC[C@H](O)CC4)nc23)cn1. The molecule has 1 fully saturated rings. The number of hydrogen-bond acceptors (Lipinski definition) is 7. The van der Waals surface area contributed by atoms with Gasteiger partial charge in [0.25, 0.3) is 5.91 Å². The van der Waals surface area contributed by atoms with Gasteiger partial charge in [-0.15, -0.1) is 0 Å². The van der Waals surface area contributed by atoms with Crippen LogP contribution in [0.3, 0.4) is 0 Å². The first-order valence-corrected chi connectivity index (χ1v) is 10.3. The van der Waals surface area contributed by atoms with Crippen molar-refractivity contribution in [3.63, 3.8) is 0 Å². The summed E-state index contributed by atoms with van der Waals surface area (Å²) in [4.78, 5) is 30.5. The van der Waals surface area contributed by atoms with E-state index in [9.17, 15) is 9.90 Å². The Kier molecular flexibility index (Phi) is 5.85. The lowest BCUT2D eigenvalue weighted by molar-refractivity contribution is 0.102. The summed E-state index contributed by atoms with van der Waals surface area (Å²) < 4.78 is 0. The third kappa shape index (κ3) is 4.54. The van der Waals surface area contributed by atoms with Crippen LogP contribution in [-0.4, -0.2) is 43.1 Å². The number of fused-ring (bicyclic) bond motifs is 1. The number of amides is 1. The predicted octanol–water partition coefficient (Wildman–Crippen LogP) is 3.51. The second kappa shape index (κ2) is 8.71. The lowest BCUT2D eigenvalue weighted by atomic mass is 9.93. The molecule has 3 N–H and O–H groups in total. The van der Waals surface area contributed by atoms with Crippen LogP contribution in [-0.2, 0) is 0 Å². The van der Waals surface area contributed by atoms with E-state index in [2.05, 4.69) is 30.6 Å². The molecule has 0 unspecified atom stereocenters. The Hall–Kier alpha value is -3.13. The van der Waals surface area contributed by atoms with Crippen molar-refractivity contribution in [2.45, 2.75) is 57.6 Å². The van der Waals surface area contributed by atoms with Gasteiger partial charge in [0, 0.05) is 23.5 Å². The Morgan fingerprint density at radius 2 is 1.80 bits per heavy atom. The highest BCUT2D eigenvalue weighted by Crippen LogP contribution is 2.23. The Balaban J connectivity index is 1.54. The third-order valence-corrected chi connectivity index (χ3v) is 5.33. The molecular formula is C22H26N6O2. The van der Waals surface area contributed by atoms with Crippen molar-refractivity contribution in [3.05, 3.63) is 48.2 Å². The first kappa shape index (κ1) is 20.2. The summed E-state index contributed by atoms with van der Waals surface area (Å²) in [6.07, 6.45) is 8.03. The summed E-state index contributed by atoms with van der Waals surface area (Å²) in [5, 5.41) is 16.7. The largest absolute Gasteiger partial charge is 0.393 e. The highest BCUT2D eigenvalue weighted by molar-refractivity contribution is 6.11. The van der Waals surface area contributed by atoms with Gasteiger partial charge in [0.05, 0.1) is 35.3 Å². The molecule has 30 heavy (non-hydrogen) atoms. The predicted molar refractivity (Wildman–Crippen MR) is 115 cm³/mol. The topological polar surface area (TPSA) is 113 Å². The number of nitrogens with one attached hydrogen (secondary N) is 2. The molecule has 1 aliphatic rings. The van der Waals surface area contributed by atoms with Crippen LogP contribution in [0.5, 0.6) is 0 Å². The molecule has 156 valence electrons. The first-order chi connectivity index (χ1) is 14.5. The number of carbonyl (C=O) groups is 1. The van der Waals surface area contributed by atoms with Gasteiger partial charge in [0.15, 0.2) is 0 Å². The second-order valence-electron chi connectivity index (χ2n) is 8.03. The fourth-order valence-corrected chi connectivity index (χ4v) is 3.61. The quantitative estimate of drug-likeness (QED) is 0.594. The van der Waals surface area contributed by atoms with Crippen molar-refractivity contribution in [1.82, 2.24) is 19.9 Å². The zero-order valence-corrected chi connectivity index (χ0v) is 17.2. The smallest absolute Gasteiger partial charge is 0.257 e. The maximum atomic E-state index is 12.9. The Morgan fingerprint density at radius 1 is 1.07 bits per heavy atom. The second-order valence-corrected chi connectivity index (χ2v) is 8.03. The highest BCUT2D eigenvalue weighted by Gasteiger charge is 2.20. The molecule has 0 atom stereocenters. The minimum absolute atomic E-state index is 0.213. The molecule has 4 rings (SSSR count). The summed E-state index contributed by atoms with van der Waals surface area (Å²) in [5.74, 6) is 1.18. The minimum atomic E-state index is -0.271. The van der Waals surface area contributed by atoms with Gasteiger partial charge in [-0.05, 0) is 31.7 Å². The number of nitrogens with zero attached hydrogens (tertiary/aromatic N) is 4. The number of hydrogen-bond donors (Lipinski definition) is 3. The number of carbonyl (C=O) groups excluding carboxylic acids is 1. The van der Waals surface area contributed by atoms with Crippen LogP contribution in [0.25, 0.3) is 10.9 Å². The number of para-hydroxylation sites is 1. The van der Waals surface area contributed by atoms with Crippen molar-refractivity contribution in [2.75, 3.05) is 10.6 Å². The fourth-order valence-electron chi connectivity index (χ4n) is 3.61. The summed E-state index contributed by atoms with van der Waals surface area (Å²) in [6.45, 7) is 4.04. The van der Waals surface area contributed by atoms with Crippen LogP contribution in [0.2, 0.25) is 0 Å². The van der Waals surface area contributed by atoms with E-state index in [-0.39, 0.29) is 24.0 Å². The summed E-state index contributed by atoms with van der Waals surface area (Å²) in [6, 6.07) is 5.67. The lowest BCUT2D eigenvalue weighted by Gasteiger charge is -2.26. The van der Waals surface area contributed by atoms with Gasteiger partial charge in [-0.3, -0.25) is 4.79 Å². The zero-order valence-electron chi connectivity index (χ0n) is 17.2. The Morgan fingerprint density at radius 3 is 2.50 bits per heavy atom. The third-order valence-electron chi connectivity index (χ3n) is 5.33. The number of aromatic nitrogens is 4. The maximum Gasteiger partial charge on any atom is 0.257 e. The van der Waals surface area contributed by atoms with E-state index in [1.807, 2.05) is 26.0 Å². The maximum absolute atomic E-state index is 12.9. The van der Waals surface area contributed by atoms with E-state index < -0.39 is 0 Å². The van der Waals surface area contributed by atoms with E-state index in [1.54, 1.807) is 24.7 Å². The molecule has 1 saturated carbocycles.